The van der Waals surface area contributed by atoms with Crippen molar-refractivity contribution in [2.24, 2.45) is 0 Å². The average Bonchev–Trinajstić information content (AvgIpc) is 3.69. The second-order valence-electron chi connectivity index (χ2n) is 10.8. The normalized spacial score (nSPS) is 19.2. The summed E-state index contributed by atoms with van der Waals surface area (Å²) in [5.74, 6) is 0.947. The number of halogens is 2. The van der Waals surface area contributed by atoms with E-state index in [9.17, 15) is 9.59 Å². The van der Waals surface area contributed by atoms with Crippen molar-refractivity contribution >= 4 is 46.1 Å². The van der Waals surface area contributed by atoms with Gasteiger partial charge in [-0.3, -0.25) is 0 Å². The van der Waals surface area contributed by atoms with Gasteiger partial charge in [0.05, 0.1) is 23.1 Å². The van der Waals surface area contributed by atoms with Crippen molar-refractivity contribution in [1.29, 1.82) is 0 Å². The van der Waals surface area contributed by atoms with Crippen LogP contribution in [0.4, 0.5) is 10.6 Å². The van der Waals surface area contributed by atoms with Crippen molar-refractivity contribution in [2.45, 2.75) is 58.1 Å². The molecule has 6 rings (SSSR count). The summed E-state index contributed by atoms with van der Waals surface area (Å²) < 4.78 is 13.2. The number of anilines is 1. The third kappa shape index (κ3) is 4.21. The van der Waals surface area contributed by atoms with Crippen LogP contribution in [0.5, 0.6) is 5.75 Å². The summed E-state index contributed by atoms with van der Waals surface area (Å²) in [5, 5.41) is 0.633. The highest BCUT2D eigenvalue weighted by Gasteiger charge is 2.39. The highest BCUT2D eigenvalue weighted by molar-refractivity contribution is 6.43. The maximum Gasteiger partial charge on any atom is 0.410 e. The van der Waals surface area contributed by atoms with Crippen LogP contribution in [0.15, 0.2) is 11.1 Å². The van der Waals surface area contributed by atoms with Crippen molar-refractivity contribution in [3.05, 3.63) is 38.4 Å². The van der Waals surface area contributed by atoms with Gasteiger partial charge < -0.3 is 19.3 Å². The van der Waals surface area contributed by atoms with Gasteiger partial charge in [-0.05, 0) is 40.5 Å². The summed E-state index contributed by atoms with van der Waals surface area (Å²) in [4.78, 5) is 48.1. The lowest BCUT2D eigenvalue weighted by atomic mass is 10.1. The third-order valence-corrected chi connectivity index (χ3v) is 7.63. The van der Waals surface area contributed by atoms with E-state index in [4.69, 9.17) is 32.7 Å². The van der Waals surface area contributed by atoms with E-state index in [1.165, 1.54) is 10.9 Å². The Hall–Kier alpha value is -3.18. The van der Waals surface area contributed by atoms with Crippen molar-refractivity contribution in [3.63, 3.8) is 0 Å². The number of ether oxygens (including phenoxy) is 2. The number of hydrogen-bond donors (Lipinski definition) is 0. The largest absolute Gasteiger partial charge is 0.489 e. The van der Waals surface area contributed by atoms with E-state index in [1.807, 2.05) is 32.6 Å². The number of aryl methyl sites for hydroxylation is 1. The molecular formula is C25H27Cl2N7O4. The fourth-order valence-electron chi connectivity index (χ4n) is 5.06. The Morgan fingerprint density at radius 1 is 1.16 bits per heavy atom. The summed E-state index contributed by atoms with van der Waals surface area (Å²) in [5.41, 5.74) is 1.11. The second kappa shape index (κ2) is 8.94. The van der Waals surface area contributed by atoms with Crippen LogP contribution in [-0.2, 0) is 4.74 Å². The van der Waals surface area contributed by atoms with Crippen LogP contribution in [-0.4, -0.2) is 73.4 Å². The van der Waals surface area contributed by atoms with Gasteiger partial charge in [0.25, 0.3) is 0 Å². The van der Waals surface area contributed by atoms with Gasteiger partial charge in [-0.2, -0.15) is 4.98 Å². The number of piperazine rings is 1. The molecule has 200 valence electrons. The molecule has 1 saturated carbocycles. The zero-order valence-corrected chi connectivity index (χ0v) is 23.0. The molecule has 3 aromatic rings. The van der Waals surface area contributed by atoms with Crippen LogP contribution >= 0.6 is 23.2 Å². The van der Waals surface area contributed by atoms with E-state index in [0.717, 1.165) is 18.5 Å². The summed E-state index contributed by atoms with van der Waals surface area (Å²) in [6.45, 7) is 8.64. The fourth-order valence-corrected chi connectivity index (χ4v) is 5.42. The first kappa shape index (κ1) is 25.1. The van der Waals surface area contributed by atoms with Gasteiger partial charge in [-0.25, -0.2) is 29.1 Å². The van der Waals surface area contributed by atoms with Gasteiger partial charge in [0.15, 0.2) is 16.5 Å². The Kier molecular flexibility index (Phi) is 5.91. The number of aromatic nitrogens is 5. The van der Waals surface area contributed by atoms with Crippen molar-refractivity contribution in [2.75, 3.05) is 31.1 Å². The Labute approximate surface area is 228 Å². The van der Waals surface area contributed by atoms with Crippen LogP contribution in [0.2, 0.25) is 10.2 Å². The van der Waals surface area contributed by atoms with E-state index < -0.39 is 17.4 Å². The number of carbonyl (C=O) groups excluding carboxylic acids is 1. The average molecular weight is 560 g/mol. The Morgan fingerprint density at radius 3 is 2.63 bits per heavy atom. The minimum absolute atomic E-state index is 0.0113. The van der Waals surface area contributed by atoms with Crippen LogP contribution in [0.25, 0.3) is 16.7 Å². The van der Waals surface area contributed by atoms with Crippen LogP contribution in [0, 0.1) is 6.92 Å². The number of rotatable bonds is 2. The predicted octanol–water partition coefficient (Wildman–Crippen LogP) is 3.88. The quantitative estimate of drug-likeness (QED) is 0.431. The number of amides is 1. The summed E-state index contributed by atoms with van der Waals surface area (Å²) in [6, 6.07) is -0.298. The van der Waals surface area contributed by atoms with Crippen molar-refractivity contribution in [3.8, 4) is 11.4 Å². The van der Waals surface area contributed by atoms with Gasteiger partial charge in [0.2, 0.25) is 0 Å². The highest BCUT2D eigenvalue weighted by atomic mass is 35.5. The van der Waals surface area contributed by atoms with Crippen LogP contribution in [0.1, 0.15) is 50.9 Å². The first-order valence-electron chi connectivity index (χ1n) is 12.5. The predicted molar refractivity (Wildman–Crippen MR) is 142 cm³/mol. The molecule has 1 saturated heterocycles. The highest BCUT2D eigenvalue weighted by Crippen LogP contribution is 2.45. The number of nitrogens with zero attached hydrogens (tertiary/aromatic N) is 7. The van der Waals surface area contributed by atoms with Gasteiger partial charge >= 0.3 is 11.8 Å². The lowest BCUT2D eigenvalue weighted by Gasteiger charge is -2.41. The molecule has 1 amide bonds. The number of carbonyl (C=O) groups is 1. The van der Waals surface area contributed by atoms with E-state index in [2.05, 4.69) is 19.9 Å². The Morgan fingerprint density at radius 2 is 1.92 bits per heavy atom. The molecule has 0 radical (unpaired) electrons. The first-order valence-corrected chi connectivity index (χ1v) is 13.3. The molecular weight excluding hydrogens is 533 g/mol. The van der Waals surface area contributed by atoms with E-state index >= 15 is 0 Å². The van der Waals surface area contributed by atoms with Gasteiger partial charge in [0, 0.05) is 25.6 Å². The summed E-state index contributed by atoms with van der Waals surface area (Å²) in [6.07, 6.45) is 3.08. The molecule has 0 aromatic carbocycles. The molecule has 3 aromatic heterocycles. The molecule has 38 heavy (non-hydrogen) atoms. The molecule has 0 spiro atoms. The van der Waals surface area contributed by atoms with E-state index in [-0.39, 0.29) is 34.4 Å². The van der Waals surface area contributed by atoms with Gasteiger partial charge in [-0.15, -0.1) is 0 Å². The molecule has 1 atom stereocenters. The van der Waals surface area contributed by atoms with Crippen LogP contribution in [0.3, 0.4) is 0 Å². The molecule has 1 aliphatic carbocycles. The molecule has 5 heterocycles. The maximum atomic E-state index is 13.7. The second-order valence-corrected chi connectivity index (χ2v) is 11.6. The lowest BCUT2D eigenvalue weighted by molar-refractivity contribution is 0.0202. The summed E-state index contributed by atoms with van der Waals surface area (Å²) >= 11 is 13.1. The number of hydrogen-bond acceptors (Lipinski definition) is 9. The van der Waals surface area contributed by atoms with Gasteiger partial charge in [-0.1, -0.05) is 23.2 Å². The minimum Gasteiger partial charge on any atom is -0.489 e. The standard InChI is InChI=1S/C25H27Cl2N7O4/c1-12-18(17(13-5-6-13)29-11-28-12)34-22-15-19(16(26)20(27)30-22)37-10-14-9-32(24(36)38-25(2,3)4)7-8-33(14)21(15)31-23(34)35/h11,13-14H,5-10H2,1-4H3/t14-/m1/s1. The molecule has 0 bridgehead atoms. The number of fused-ring (bicyclic) bond motifs is 2. The zero-order valence-electron chi connectivity index (χ0n) is 21.5. The fraction of sp³-hybridized carbons (Fsp3) is 0.520. The molecule has 2 aliphatic heterocycles. The van der Waals surface area contributed by atoms with Gasteiger partial charge in [0.1, 0.15) is 34.8 Å². The first-order chi connectivity index (χ1) is 18.0. The summed E-state index contributed by atoms with van der Waals surface area (Å²) in [7, 11) is 0. The molecule has 13 heteroatoms. The third-order valence-electron chi connectivity index (χ3n) is 6.91. The van der Waals surface area contributed by atoms with Crippen LogP contribution < -0.4 is 15.3 Å². The zero-order chi connectivity index (χ0) is 26.9. The monoisotopic (exact) mass is 559 g/mol. The Bertz CT molecular complexity index is 1530. The lowest BCUT2D eigenvalue weighted by Crippen LogP contribution is -2.57. The maximum absolute atomic E-state index is 13.7. The molecule has 0 unspecified atom stereocenters. The molecule has 2 fully saturated rings. The smallest absolute Gasteiger partial charge is 0.410 e. The topological polar surface area (TPSA) is 116 Å². The van der Waals surface area contributed by atoms with Crippen molar-refractivity contribution < 1.29 is 14.3 Å². The molecule has 11 nitrogen and oxygen atoms in total. The van der Waals surface area contributed by atoms with E-state index in [1.54, 1.807) is 4.90 Å². The molecule has 0 N–H and O–H groups in total. The number of pyridine rings is 1. The molecule has 3 aliphatic rings. The SMILES string of the molecule is Cc1ncnc(C2CC2)c1-n1c(=O)nc2c3c(c(Cl)c(Cl)nc31)OC[C@H]1CN(C(=O)OC(C)(C)C)CCN21. The Balaban J connectivity index is 1.51. The van der Waals surface area contributed by atoms with E-state index in [0.29, 0.717) is 48.0 Å². The minimum atomic E-state index is -0.614. The van der Waals surface area contributed by atoms with Crippen molar-refractivity contribution in [1.82, 2.24) is 29.4 Å².